The monoisotopic (exact) mass is 296 g/mol. The van der Waals surface area contributed by atoms with Crippen LogP contribution in [0.5, 0.6) is 0 Å². The fourth-order valence-electron chi connectivity index (χ4n) is 2.53. The number of hydrogen-bond acceptors (Lipinski definition) is 3. The van der Waals surface area contributed by atoms with Crippen molar-refractivity contribution in [2.45, 2.75) is 13.0 Å². The van der Waals surface area contributed by atoms with Crippen LogP contribution in [0.2, 0.25) is 0 Å². The summed E-state index contributed by atoms with van der Waals surface area (Å²) in [5.74, 6) is -0.354. The number of anilines is 1. The van der Waals surface area contributed by atoms with Gasteiger partial charge in [-0.05, 0) is 18.1 Å². The molecule has 3 rings (SSSR count). The molecule has 0 aliphatic rings. The van der Waals surface area contributed by atoms with E-state index in [-0.39, 0.29) is 12.4 Å². The van der Waals surface area contributed by atoms with Gasteiger partial charge in [0, 0.05) is 23.7 Å². The maximum absolute atomic E-state index is 13.8. The number of aromatic nitrogens is 1. The van der Waals surface area contributed by atoms with Gasteiger partial charge in [-0.1, -0.05) is 42.5 Å². The number of aliphatic hydroxyl groups is 1. The molecule has 0 radical (unpaired) electrons. The molecule has 0 saturated heterocycles. The van der Waals surface area contributed by atoms with Crippen LogP contribution >= 0.6 is 0 Å². The van der Waals surface area contributed by atoms with Gasteiger partial charge in [0.15, 0.2) is 0 Å². The largest absolute Gasteiger partial charge is 0.392 e. The Labute approximate surface area is 128 Å². The van der Waals surface area contributed by atoms with Crippen molar-refractivity contribution >= 4 is 16.6 Å². The molecule has 4 heteroatoms. The van der Waals surface area contributed by atoms with E-state index in [1.54, 1.807) is 6.07 Å². The number of pyridine rings is 1. The van der Waals surface area contributed by atoms with Crippen LogP contribution in [0.4, 0.5) is 10.1 Å². The second-order valence-corrected chi connectivity index (χ2v) is 5.11. The van der Waals surface area contributed by atoms with Gasteiger partial charge in [0.25, 0.3) is 0 Å². The zero-order valence-corrected chi connectivity index (χ0v) is 12.1. The Morgan fingerprint density at radius 3 is 2.64 bits per heavy atom. The van der Waals surface area contributed by atoms with Gasteiger partial charge >= 0.3 is 0 Å². The van der Waals surface area contributed by atoms with Gasteiger partial charge in [-0.15, -0.1) is 0 Å². The van der Waals surface area contributed by atoms with Crippen LogP contribution in [-0.4, -0.2) is 16.6 Å². The Bertz CT molecular complexity index is 775. The highest BCUT2D eigenvalue weighted by atomic mass is 19.1. The van der Waals surface area contributed by atoms with Gasteiger partial charge in [0.05, 0.1) is 12.3 Å². The summed E-state index contributed by atoms with van der Waals surface area (Å²) in [6.07, 6.45) is 2.38. The van der Waals surface area contributed by atoms with E-state index in [0.717, 1.165) is 12.1 Å². The third-order valence-electron chi connectivity index (χ3n) is 3.66. The van der Waals surface area contributed by atoms with E-state index in [1.807, 2.05) is 24.3 Å². The Hall–Kier alpha value is -2.46. The lowest BCUT2D eigenvalue weighted by molar-refractivity contribution is 0.282. The Kier molecular flexibility index (Phi) is 4.30. The van der Waals surface area contributed by atoms with Crippen molar-refractivity contribution < 1.29 is 9.50 Å². The summed E-state index contributed by atoms with van der Waals surface area (Å²) < 4.78 is 13.8. The molecule has 0 aliphatic heterocycles. The number of rotatable bonds is 5. The summed E-state index contributed by atoms with van der Waals surface area (Å²) in [4.78, 5) is 4.10. The molecule has 3 aromatic rings. The Morgan fingerprint density at radius 2 is 1.86 bits per heavy atom. The number of nitrogens with one attached hydrogen (secondary N) is 1. The lowest BCUT2D eigenvalue weighted by Gasteiger charge is -2.14. The summed E-state index contributed by atoms with van der Waals surface area (Å²) in [5.41, 5.74) is 2.97. The number of benzene rings is 2. The lowest BCUT2D eigenvalue weighted by atomic mass is 10.1. The van der Waals surface area contributed by atoms with Crippen molar-refractivity contribution in [3.8, 4) is 0 Å². The lowest BCUT2D eigenvalue weighted by Crippen LogP contribution is -2.08. The Morgan fingerprint density at radius 1 is 1.05 bits per heavy atom. The predicted molar refractivity (Wildman–Crippen MR) is 86.3 cm³/mol. The minimum Gasteiger partial charge on any atom is -0.392 e. The fraction of sp³-hybridized carbons (Fsp3) is 0.167. The normalized spacial score (nSPS) is 10.8. The summed E-state index contributed by atoms with van der Waals surface area (Å²) in [7, 11) is 0. The highest BCUT2D eigenvalue weighted by Gasteiger charge is 2.10. The van der Waals surface area contributed by atoms with E-state index in [1.165, 1.54) is 17.8 Å². The summed E-state index contributed by atoms with van der Waals surface area (Å²) in [5, 5.41) is 13.5. The number of para-hydroxylation sites is 1. The zero-order chi connectivity index (χ0) is 15.4. The summed E-state index contributed by atoms with van der Waals surface area (Å²) in [6, 6.07) is 15.0. The fourth-order valence-corrected chi connectivity index (χ4v) is 2.53. The molecule has 3 nitrogen and oxygen atoms in total. The van der Waals surface area contributed by atoms with Crippen molar-refractivity contribution in [1.29, 1.82) is 0 Å². The zero-order valence-electron chi connectivity index (χ0n) is 12.1. The first-order valence-electron chi connectivity index (χ1n) is 7.24. The average molecular weight is 296 g/mol. The smallest absolute Gasteiger partial charge is 0.149 e. The van der Waals surface area contributed by atoms with E-state index in [4.69, 9.17) is 0 Å². The van der Waals surface area contributed by atoms with Gasteiger partial charge in [-0.3, -0.25) is 4.98 Å². The average Bonchev–Trinajstić information content (AvgIpc) is 2.56. The van der Waals surface area contributed by atoms with Crippen LogP contribution in [0, 0.1) is 5.82 Å². The van der Waals surface area contributed by atoms with Crippen molar-refractivity contribution in [3.63, 3.8) is 0 Å². The number of hydrogen-bond donors (Lipinski definition) is 2. The quantitative estimate of drug-likeness (QED) is 0.757. The Balaban J connectivity index is 1.87. The molecule has 0 atom stereocenters. The first-order chi connectivity index (χ1) is 10.8. The third-order valence-corrected chi connectivity index (χ3v) is 3.66. The summed E-state index contributed by atoms with van der Waals surface area (Å²) in [6.45, 7) is 0.569. The molecule has 0 spiro atoms. The molecule has 0 bridgehead atoms. The first-order valence-corrected chi connectivity index (χ1v) is 7.24. The molecule has 0 amide bonds. The highest BCUT2D eigenvalue weighted by Crippen LogP contribution is 2.27. The molecule has 0 fully saturated rings. The molecule has 22 heavy (non-hydrogen) atoms. The molecule has 0 unspecified atom stereocenters. The molecule has 2 N–H and O–H groups in total. The topological polar surface area (TPSA) is 45.2 Å². The maximum atomic E-state index is 13.8. The van der Waals surface area contributed by atoms with Gasteiger partial charge < -0.3 is 10.4 Å². The standard InChI is InChI=1S/C18H17FN2O/c19-16-8-4-7-15-17(14(12-22)11-21-18(15)16)20-10-9-13-5-2-1-3-6-13/h1-8,11,22H,9-10,12H2,(H,20,21). The molecule has 0 saturated carbocycles. The van der Waals surface area contributed by atoms with E-state index in [2.05, 4.69) is 22.4 Å². The second-order valence-electron chi connectivity index (χ2n) is 5.11. The minimum absolute atomic E-state index is 0.132. The molecule has 112 valence electrons. The van der Waals surface area contributed by atoms with Gasteiger partial charge in [0.1, 0.15) is 11.3 Å². The van der Waals surface area contributed by atoms with Crippen molar-refractivity contribution in [2.24, 2.45) is 0 Å². The van der Waals surface area contributed by atoms with E-state index in [9.17, 15) is 9.50 Å². The third kappa shape index (κ3) is 2.92. The van der Waals surface area contributed by atoms with Crippen LogP contribution in [0.1, 0.15) is 11.1 Å². The molecule has 1 heterocycles. The number of aliphatic hydroxyl groups excluding tert-OH is 1. The molecule has 2 aromatic carbocycles. The molecule has 1 aromatic heterocycles. The minimum atomic E-state index is -0.354. The van der Waals surface area contributed by atoms with Crippen LogP contribution in [0.3, 0.4) is 0 Å². The van der Waals surface area contributed by atoms with Crippen LogP contribution in [-0.2, 0) is 13.0 Å². The number of halogens is 1. The van der Waals surface area contributed by atoms with Crippen LogP contribution in [0.25, 0.3) is 10.9 Å². The van der Waals surface area contributed by atoms with Crippen LogP contribution < -0.4 is 5.32 Å². The maximum Gasteiger partial charge on any atom is 0.149 e. The van der Waals surface area contributed by atoms with Crippen LogP contribution in [0.15, 0.2) is 54.7 Å². The van der Waals surface area contributed by atoms with Gasteiger partial charge in [-0.2, -0.15) is 0 Å². The number of fused-ring (bicyclic) bond motifs is 1. The number of nitrogens with zero attached hydrogens (tertiary/aromatic N) is 1. The van der Waals surface area contributed by atoms with E-state index >= 15 is 0 Å². The summed E-state index contributed by atoms with van der Waals surface area (Å²) >= 11 is 0. The molecule has 0 aliphatic carbocycles. The molecular formula is C18H17FN2O. The highest BCUT2D eigenvalue weighted by molar-refractivity contribution is 5.93. The van der Waals surface area contributed by atoms with Gasteiger partial charge in [-0.25, -0.2) is 4.39 Å². The predicted octanol–water partition coefficient (Wildman–Crippen LogP) is 3.52. The van der Waals surface area contributed by atoms with Crippen molar-refractivity contribution in [2.75, 3.05) is 11.9 Å². The van der Waals surface area contributed by atoms with Crippen molar-refractivity contribution in [3.05, 3.63) is 71.7 Å². The van der Waals surface area contributed by atoms with Crippen molar-refractivity contribution in [1.82, 2.24) is 4.98 Å². The van der Waals surface area contributed by atoms with E-state index < -0.39 is 0 Å². The van der Waals surface area contributed by atoms with Gasteiger partial charge in [0.2, 0.25) is 0 Å². The van der Waals surface area contributed by atoms with E-state index in [0.29, 0.717) is 23.0 Å². The molecular weight excluding hydrogens is 279 g/mol. The second kappa shape index (κ2) is 6.54. The first kappa shape index (κ1) is 14.5. The SMILES string of the molecule is OCc1cnc2c(F)cccc2c1NCCc1ccccc1.